The SMILES string of the molecule is COCCOCCc1noc([C@H]2CCCCN2)n1. The monoisotopic (exact) mass is 255 g/mol. The van der Waals surface area contributed by atoms with E-state index in [1.54, 1.807) is 7.11 Å². The average molecular weight is 255 g/mol. The van der Waals surface area contributed by atoms with Crippen molar-refractivity contribution in [1.29, 1.82) is 0 Å². The Morgan fingerprint density at radius 3 is 3.06 bits per heavy atom. The first-order valence-electron chi connectivity index (χ1n) is 6.52. The topological polar surface area (TPSA) is 69.4 Å². The van der Waals surface area contributed by atoms with E-state index >= 15 is 0 Å². The first-order valence-corrected chi connectivity index (χ1v) is 6.52. The normalized spacial score (nSPS) is 20.2. The van der Waals surface area contributed by atoms with Crippen molar-refractivity contribution >= 4 is 0 Å². The first kappa shape index (κ1) is 13.5. The van der Waals surface area contributed by atoms with Crippen LogP contribution in [0.25, 0.3) is 0 Å². The molecule has 2 heterocycles. The molecule has 0 spiro atoms. The summed E-state index contributed by atoms with van der Waals surface area (Å²) in [6, 6.07) is 0.231. The molecule has 0 aliphatic carbocycles. The Labute approximate surface area is 107 Å². The Morgan fingerprint density at radius 2 is 2.28 bits per heavy atom. The minimum absolute atomic E-state index is 0.231. The van der Waals surface area contributed by atoms with Crippen LogP contribution in [-0.2, 0) is 15.9 Å². The van der Waals surface area contributed by atoms with Gasteiger partial charge in [0, 0.05) is 13.5 Å². The maximum absolute atomic E-state index is 5.37. The van der Waals surface area contributed by atoms with Gasteiger partial charge in [-0.05, 0) is 19.4 Å². The standard InChI is InChI=1S/C12H21N3O3/c1-16-8-9-17-7-5-11-14-12(18-15-11)10-4-2-3-6-13-10/h10,13H,2-9H2,1H3/t10-/m1/s1. The van der Waals surface area contributed by atoms with Crippen molar-refractivity contribution in [2.75, 3.05) is 33.5 Å². The van der Waals surface area contributed by atoms with Crippen LogP contribution in [0.3, 0.4) is 0 Å². The van der Waals surface area contributed by atoms with Crippen LogP contribution in [0.2, 0.25) is 0 Å². The molecule has 0 radical (unpaired) electrons. The summed E-state index contributed by atoms with van der Waals surface area (Å²) in [5.41, 5.74) is 0. The van der Waals surface area contributed by atoms with E-state index in [-0.39, 0.29) is 6.04 Å². The molecule has 102 valence electrons. The summed E-state index contributed by atoms with van der Waals surface area (Å²) in [7, 11) is 1.66. The van der Waals surface area contributed by atoms with Gasteiger partial charge in [-0.1, -0.05) is 11.6 Å². The van der Waals surface area contributed by atoms with Crippen LogP contribution in [0.5, 0.6) is 0 Å². The summed E-state index contributed by atoms with van der Waals surface area (Å²) < 4.78 is 15.5. The van der Waals surface area contributed by atoms with Gasteiger partial charge in [-0.3, -0.25) is 0 Å². The molecule has 1 aliphatic heterocycles. The Hall–Kier alpha value is -0.980. The van der Waals surface area contributed by atoms with Crippen molar-refractivity contribution in [1.82, 2.24) is 15.5 Å². The van der Waals surface area contributed by atoms with Gasteiger partial charge < -0.3 is 19.3 Å². The van der Waals surface area contributed by atoms with E-state index in [1.165, 1.54) is 12.8 Å². The molecule has 6 nitrogen and oxygen atoms in total. The van der Waals surface area contributed by atoms with E-state index in [0.29, 0.717) is 32.1 Å². The fourth-order valence-electron chi connectivity index (χ4n) is 1.98. The molecular weight excluding hydrogens is 234 g/mol. The molecule has 0 aromatic carbocycles. The fraction of sp³-hybridized carbons (Fsp3) is 0.833. The van der Waals surface area contributed by atoms with E-state index in [9.17, 15) is 0 Å². The minimum atomic E-state index is 0.231. The van der Waals surface area contributed by atoms with Crippen molar-refractivity contribution in [3.8, 4) is 0 Å². The predicted octanol–water partition coefficient (Wildman–Crippen LogP) is 1.09. The Balaban J connectivity index is 1.72. The number of methoxy groups -OCH3 is 1. The molecule has 0 bridgehead atoms. The molecule has 1 saturated heterocycles. The van der Waals surface area contributed by atoms with Crippen molar-refractivity contribution in [2.24, 2.45) is 0 Å². The van der Waals surface area contributed by atoms with Crippen molar-refractivity contribution in [3.05, 3.63) is 11.7 Å². The lowest BCUT2D eigenvalue weighted by Crippen LogP contribution is -2.27. The van der Waals surface area contributed by atoms with Crippen LogP contribution in [0, 0.1) is 0 Å². The minimum Gasteiger partial charge on any atom is -0.382 e. The average Bonchev–Trinajstić information content (AvgIpc) is 2.88. The van der Waals surface area contributed by atoms with E-state index < -0.39 is 0 Å². The first-order chi connectivity index (χ1) is 8.90. The Bertz CT molecular complexity index is 337. The van der Waals surface area contributed by atoms with Gasteiger partial charge in [-0.2, -0.15) is 4.98 Å². The number of piperidine rings is 1. The van der Waals surface area contributed by atoms with Gasteiger partial charge in [0.15, 0.2) is 5.82 Å². The lowest BCUT2D eigenvalue weighted by atomic mass is 10.1. The van der Waals surface area contributed by atoms with Crippen LogP contribution in [-0.4, -0.2) is 43.6 Å². The van der Waals surface area contributed by atoms with Crippen LogP contribution in [0.1, 0.15) is 37.0 Å². The number of hydrogen-bond acceptors (Lipinski definition) is 6. The third-order valence-electron chi connectivity index (χ3n) is 2.99. The molecule has 1 aliphatic rings. The second-order valence-electron chi connectivity index (χ2n) is 4.41. The highest BCUT2D eigenvalue weighted by Crippen LogP contribution is 2.21. The van der Waals surface area contributed by atoms with Crippen molar-refractivity contribution in [3.63, 3.8) is 0 Å². The van der Waals surface area contributed by atoms with Gasteiger partial charge in [0.05, 0.1) is 25.9 Å². The van der Waals surface area contributed by atoms with E-state index in [0.717, 1.165) is 18.8 Å². The molecule has 1 aromatic rings. The highest BCUT2D eigenvalue weighted by atomic mass is 16.5. The van der Waals surface area contributed by atoms with E-state index in [1.807, 2.05) is 0 Å². The quantitative estimate of drug-likeness (QED) is 0.735. The zero-order chi connectivity index (χ0) is 12.6. The maximum Gasteiger partial charge on any atom is 0.243 e. The van der Waals surface area contributed by atoms with Crippen molar-refractivity contribution < 1.29 is 14.0 Å². The summed E-state index contributed by atoms with van der Waals surface area (Å²) in [6.07, 6.45) is 4.20. The molecule has 1 fully saturated rings. The fourth-order valence-corrected chi connectivity index (χ4v) is 1.98. The number of rotatable bonds is 7. The zero-order valence-electron chi connectivity index (χ0n) is 10.9. The lowest BCUT2D eigenvalue weighted by Gasteiger charge is -2.19. The largest absolute Gasteiger partial charge is 0.382 e. The van der Waals surface area contributed by atoms with E-state index in [2.05, 4.69) is 15.5 Å². The summed E-state index contributed by atoms with van der Waals surface area (Å²) in [5.74, 6) is 1.43. The van der Waals surface area contributed by atoms with Gasteiger partial charge in [-0.25, -0.2) is 0 Å². The van der Waals surface area contributed by atoms with Crippen LogP contribution >= 0.6 is 0 Å². The summed E-state index contributed by atoms with van der Waals surface area (Å²) >= 11 is 0. The number of ether oxygens (including phenoxy) is 2. The number of hydrogen-bond donors (Lipinski definition) is 1. The van der Waals surface area contributed by atoms with E-state index in [4.69, 9.17) is 14.0 Å². The van der Waals surface area contributed by atoms with Crippen LogP contribution < -0.4 is 5.32 Å². The molecule has 1 atom stereocenters. The molecule has 2 rings (SSSR count). The van der Waals surface area contributed by atoms with Crippen molar-refractivity contribution in [2.45, 2.75) is 31.7 Å². The molecule has 0 unspecified atom stereocenters. The molecular formula is C12H21N3O3. The molecule has 1 N–H and O–H groups in total. The summed E-state index contributed by atoms with van der Waals surface area (Å²) in [6.45, 7) is 2.85. The Morgan fingerprint density at radius 1 is 1.33 bits per heavy atom. The second-order valence-corrected chi connectivity index (χ2v) is 4.41. The third kappa shape index (κ3) is 4.04. The smallest absolute Gasteiger partial charge is 0.243 e. The van der Waals surface area contributed by atoms with Crippen LogP contribution in [0.15, 0.2) is 4.52 Å². The molecule has 6 heteroatoms. The maximum atomic E-state index is 5.37. The molecule has 18 heavy (non-hydrogen) atoms. The van der Waals surface area contributed by atoms with Gasteiger partial charge in [-0.15, -0.1) is 0 Å². The molecule has 0 saturated carbocycles. The third-order valence-corrected chi connectivity index (χ3v) is 2.99. The van der Waals surface area contributed by atoms with Crippen LogP contribution in [0.4, 0.5) is 0 Å². The Kier molecular flexibility index (Phi) is 5.57. The number of nitrogens with one attached hydrogen (secondary N) is 1. The van der Waals surface area contributed by atoms with Gasteiger partial charge in [0.1, 0.15) is 0 Å². The van der Waals surface area contributed by atoms with Gasteiger partial charge in [0.25, 0.3) is 0 Å². The predicted molar refractivity (Wildman–Crippen MR) is 65.3 cm³/mol. The lowest BCUT2D eigenvalue weighted by molar-refractivity contribution is 0.0714. The number of aromatic nitrogens is 2. The van der Waals surface area contributed by atoms with Gasteiger partial charge in [0.2, 0.25) is 5.89 Å². The highest BCUT2D eigenvalue weighted by molar-refractivity contribution is 4.94. The summed E-state index contributed by atoms with van der Waals surface area (Å²) in [4.78, 5) is 4.40. The zero-order valence-corrected chi connectivity index (χ0v) is 10.9. The second kappa shape index (κ2) is 7.45. The highest BCUT2D eigenvalue weighted by Gasteiger charge is 2.20. The molecule has 1 aromatic heterocycles. The molecule has 0 amide bonds. The number of nitrogens with zero attached hydrogens (tertiary/aromatic N) is 2. The van der Waals surface area contributed by atoms with Gasteiger partial charge >= 0.3 is 0 Å². The summed E-state index contributed by atoms with van der Waals surface area (Å²) in [5, 5.41) is 7.36.